The molecular formula is C16H14N2O5. The lowest BCUT2D eigenvalue weighted by Gasteiger charge is -2.24. The molecule has 0 bridgehead atoms. The van der Waals surface area contributed by atoms with Crippen LogP contribution >= 0.6 is 0 Å². The molecule has 3 rings (SSSR count). The lowest BCUT2D eigenvalue weighted by atomic mass is 9.87. The Hall–Kier alpha value is -2.96. The van der Waals surface area contributed by atoms with Crippen LogP contribution < -0.4 is 10.3 Å². The minimum Gasteiger partial charge on any atom is -0.462 e. The summed E-state index contributed by atoms with van der Waals surface area (Å²) in [6, 6.07) is 3.49. The van der Waals surface area contributed by atoms with E-state index in [1.165, 1.54) is 6.20 Å². The number of hydrogen-bond donors (Lipinski definition) is 1. The number of ether oxygens (including phenoxy) is 2. The Morgan fingerprint density at radius 2 is 2.30 bits per heavy atom. The van der Waals surface area contributed by atoms with Crippen molar-refractivity contribution in [2.45, 2.75) is 19.3 Å². The molecule has 0 spiro atoms. The van der Waals surface area contributed by atoms with Gasteiger partial charge in [0.25, 0.3) is 5.56 Å². The van der Waals surface area contributed by atoms with Gasteiger partial charge in [0, 0.05) is 24.5 Å². The second kappa shape index (κ2) is 6.04. The molecule has 23 heavy (non-hydrogen) atoms. The van der Waals surface area contributed by atoms with Crippen molar-refractivity contribution in [2.24, 2.45) is 0 Å². The van der Waals surface area contributed by atoms with Gasteiger partial charge in [0.2, 0.25) is 0 Å². The lowest BCUT2D eigenvalue weighted by Crippen LogP contribution is -2.30. The molecule has 0 fully saturated rings. The number of rotatable bonds is 3. The fraction of sp³-hybridized carbons (Fsp3) is 0.250. The molecular weight excluding hydrogens is 300 g/mol. The number of fused-ring (bicyclic) bond motifs is 1. The summed E-state index contributed by atoms with van der Waals surface area (Å²) in [6.45, 7) is 1.84. The van der Waals surface area contributed by atoms with E-state index in [9.17, 15) is 14.4 Å². The van der Waals surface area contributed by atoms with Gasteiger partial charge in [-0.15, -0.1) is 0 Å². The summed E-state index contributed by atoms with van der Waals surface area (Å²) >= 11 is 0. The van der Waals surface area contributed by atoms with Crippen molar-refractivity contribution in [1.29, 1.82) is 0 Å². The second-order valence-electron chi connectivity index (χ2n) is 5.01. The Balaban J connectivity index is 2.18. The van der Waals surface area contributed by atoms with Crippen LogP contribution in [0.5, 0.6) is 5.75 Å². The Kier molecular flexibility index (Phi) is 3.92. The highest BCUT2D eigenvalue weighted by Gasteiger charge is 2.34. The maximum absolute atomic E-state index is 12.3. The summed E-state index contributed by atoms with van der Waals surface area (Å²) in [7, 11) is 0. The zero-order valence-electron chi connectivity index (χ0n) is 12.4. The number of nitrogens with zero attached hydrogens (tertiary/aromatic N) is 1. The normalized spacial score (nSPS) is 16.4. The third kappa shape index (κ3) is 2.73. The van der Waals surface area contributed by atoms with Gasteiger partial charge in [-0.3, -0.25) is 14.6 Å². The molecule has 3 heterocycles. The summed E-state index contributed by atoms with van der Waals surface area (Å²) in [6.07, 6.45) is 4.40. The molecule has 0 saturated carbocycles. The summed E-state index contributed by atoms with van der Waals surface area (Å²) < 4.78 is 10.1. The van der Waals surface area contributed by atoms with E-state index in [1.807, 2.05) is 0 Å². The monoisotopic (exact) mass is 314 g/mol. The van der Waals surface area contributed by atoms with Crippen LogP contribution in [0, 0.1) is 0 Å². The first-order valence-corrected chi connectivity index (χ1v) is 7.15. The number of aromatic amines is 1. The van der Waals surface area contributed by atoms with Crippen molar-refractivity contribution in [3.05, 3.63) is 57.8 Å². The van der Waals surface area contributed by atoms with E-state index >= 15 is 0 Å². The number of aromatic nitrogens is 2. The zero-order valence-corrected chi connectivity index (χ0v) is 12.4. The van der Waals surface area contributed by atoms with Crippen molar-refractivity contribution in [1.82, 2.24) is 9.97 Å². The quantitative estimate of drug-likeness (QED) is 0.860. The Bertz CT molecular complexity index is 813. The Morgan fingerprint density at radius 1 is 1.48 bits per heavy atom. The standard InChI is InChI=1S/C16H14N2O5/c1-2-22-16(21)11-8-18-15(20)13-10(6-12(19)23-14(11)13)9-4-3-5-17-7-9/h3-5,7-8,10H,2,6H2,1H3,(H,18,20)/t10-/m1/s1. The fourth-order valence-electron chi connectivity index (χ4n) is 2.61. The van der Waals surface area contributed by atoms with E-state index in [-0.39, 0.29) is 29.9 Å². The third-order valence-corrected chi connectivity index (χ3v) is 3.60. The van der Waals surface area contributed by atoms with Gasteiger partial charge in [-0.2, -0.15) is 0 Å². The van der Waals surface area contributed by atoms with Gasteiger partial charge in [0.15, 0.2) is 5.75 Å². The van der Waals surface area contributed by atoms with E-state index in [4.69, 9.17) is 9.47 Å². The molecule has 0 radical (unpaired) electrons. The summed E-state index contributed by atoms with van der Waals surface area (Å²) in [4.78, 5) is 42.8. The minimum absolute atomic E-state index is 0.00799. The van der Waals surface area contributed by atoms with Crippen LogP contribution in [0.3, 0.4) is 0 Å². The predicted molar refractivity (Wildman–Crippen MR) is 79.4 cm³/mol. The number of H-pyrrole nitrogens is 1. The lowest BCUT2D eigenvalue weighted by molar-refractivity contribution is -0.135. The van der Waals surface area contributed by atoms with Crippen LogP contribution in [-0.4, -0.2) is 28.5 Å². The Morgan fingerprint density at radius 3 is 3.00 bits per heavy atom. The average Bonchev–Trinajstić information content (AvgIpc) is 2.55. The van der Waals surface area contributed by atoms with E-state index < -0.39 is 23.4 Å². The van der Waals surface area contributed by atoms with Crippen molar-refractivity contribution in [3.8, 4) is 5.75 Å². The van der Waals surface area contributed by atoms with Crippen molar-refractivity contribution in [2.75, 3.05) is 6.61 Å². The molecule has 0 aromatic carbocycles. The van der Waals surface area contributed by atoms with Crippen LogP contribution in [0.2, 0.25) is 0 Å². The molecule has 1 atom stereocenters. The van der Waals surface area contributed by atoms with E-state index in [1.54, 1.807) is 31.5 Å². The topological polar surface area (TPSA) is 98.4 Å². The van der Waals surface area contributed by atoms with Crippen molar-refractivity contribution in [3.63, 3.8) is 0 Å². The summed E-state index contributed by atoms with van der Waals surface area (Å²) in [5.41, 5.74) is 0.567. The smallest absolute Gasteiger partial charge is 0.343 e. The molecule has 2 aromatic heterocycles. The molecule has 0 aliphatic carbocycles. The van der Waals surface area contributed by atoms with Crippen LogP contribution in [0.25, 0.3) is 0 Å². The molecule has 1 aliphatic rings. The first kappa shape index (κ1) is 15.0. The first-order chi connectivity index (χ1) is 11.1. The van der Waals surface area contributed by atoms with Gasteiger partial charge < -0.3 is 14.5 Å². The molecule has 118 valence electrons. The van der Waals surface area contributed by atoms with Crippen molar-refractivity contribution < 1.29 is 19.1 Å². The summed E-state index contributed by atoms with van der Waals surface area (Å²) in [5.74, 6) is -1.71. The number of carbonyl (C=O) groups excluding carboxylic acids is 2. The van der Waals surface area contributed by atoms with Gasteiger partial charge in [-0.25, -0.2) is 4.79 Å². The molecule has 7 nitrogen and oxygen atoms in total. The zero-order chi connectivity index (χ0) is 16.4. The van der Waals surface area contributed by atoms with E-state index in [0.29, 0.717) is 5.56 Å². The molecule has 0 amide bonds. The predicted octanol–water partition coefficient (Wildman–Crippen LogP) is 1.39. The number of pyridine rings is 2. The van der Waals surface area contributed by atoms with Crippen molar-refractivity contribution >= 4 is 11.9 Å². The van der Waals surface area contributed by atoms with E-state index in [0.717, 1.165) is 0 Å². The minimum atomic E-state index is -0.653. The maximum atomic E-state index is 12.3. The van der Waals surface area contributed by atoms with Gasteiger partial charge in [-0.05, 0) is 18.6 Å². The van der Waals surface area contributed by atoms with Gasteiger partial charge >= 0.3 is 11.9 Å². The number of hydrogen-bond acceptors (Lipinski definition) is 6. The van der Waals surface area contributed by atoms with Gasteiger partial charge in [-0.1, -0.05) is 6.07 Å². The van der Waals surface area contributed by atoms with Crippen LogP contribution in [0.4, 0.5) is 0 Å². The SMILES string of the molecule is CCOC(=O)c1c[nH]c(=O)c2c1OC(=O)C[C@@H]2c1cccnc1. The molecule has 7 heteroatoms. The summed E-state index contributed by atoms with van der Waals surface area (Å²) in [5, 5.41) is 0. The Labute approximate surface area is 131 Å². The number of esters is 2. The molecule has 1 N–H and O–H groups in total. The first-order valence-electron chi connectivity index (χ1n) is 7.15. The van der Waals surface area contributed by atoms with Crippen LogP contribution in [0.15, 0.2) is 35.5 Å². The van der Waals surface area contributed by atoms with E-state index in [2.05, 4.69) is 9.97 Å². The highest BCUT2D eigenvalue weighted by molar-refractivity contribution is 5.94. The van der Waals surface area contributed by atoms with Crippen LogP contribution in [-0.2, 0) is 9.53 Å². The maximum Gasteiger partial charge on any atom is 0.343 e. The number of nitrogens with one attached hydrogen (secondary N) is 1. The highest BCUT2D eigenvalue weighted by Crippen LogP contribution is 2.38. The fourth-order valence-corrected chi connectivity index (χ4v) is 2.61. The van der Waals surface area contributed by atoms with Gasteiger partial charge in [0.05, 0.1) is 18.6 Å². The van der Waals surface area contributed by atoms with Crippen LogP contribution in [0.1, 0.15) is 40.7 Å². The van der Waals surface area contributed by atoms with Gasteiger partial charge in [0.1, 0.15) is 5.56 Å². The molecule has 0 unspecified atom stereocenters. The third-order valence-electron chi connectivity index (χ3n) is 3.60. The molecule has 0 saturated heterocycles. The highest BCUT2D eigenvalue weighted by atomic mass is 16.5. The molecule has 1 aliphatic heterocycles. The largest absolute Gasteiger partial charge is 0.462 e. The average molecular weight is 314 g/mol. The molecule has 2 aromatic rings. The number of carbonyl (C=O) groups is 2. The second-order valence-corrected chi connectivity index (χ2v) is 5.01.